The molecule has 4 N–H and O–H groups in total. The van der Waals surface area contributed by atoms with Crippen LogP contribution in [-0.2, 0) is 31.5 Å². The summed E-state index contributed by atoms with van der Waals surface area (Å²) in [6.07, 6.45) is -3.74. The van der Waals surface area contributed by atoms with Gasteiger partial charge in [-0.2, -0.15) is 9.97 Å². The number of hydrogen-bond donors (Lipinski definition) is 4. The third-order valence-electron chi connectivity index (χ3n) is 6.21. The van der Waals surface area contributed by atoms with Crippen LogP contribution in [0.3, 0.4) is 0 Å². The molecule has 1 unspecified atom stereocenters. The van der Waals surface area contributed by atoms with E-state index in [0.29, 0.717) is 24.4 Å². The van der Waals surface area contributed by atoms with E-state index in [9.17, 15) is 19.1 Å². The summed E-state index contributed by atoms with van der Waals surface area (Å²) in [4.78, 5) is 42.3. The number of imidazole rings is 1. The Kier molecular flexibility index (Phi) is 7.16. The SMILES string of the molecule is O=P(O)(O)CP(=O)(O)OC[C@H]1CO[C@@H](n2cnc3c(N4Cc5ccccc5C4)nc(Cl)nc32)[C@@H](F)[C@@H]1O. The lowest BCUT2D eigenvalue weighted by molar-refractivity contribution is -0.170. The normalized spacial score (nSPS) is 25.8. The molecule has 0 radical (unpaired) electrons. The maximum atomic E-state index is 15.3. The largest absolute Gasteiger partial charge is 0.389 e. The number of aromatic nitrogens is 4. The Balaban J connectivity index is 1.34. The fraction of sp³-hybridized carbons (Fsp3) is 0.450. The van der Waals surface area contributed by atoms with Crippen molar-refractivity contribution >= 4 is 43.8 Å². The zero-order valence-electron chi connectivity index (χ0n) is 19.0. The minimum absolute atomic E-state index is 0.0815. The second-order valence-corrected chi connectivity index (χ2v) is 13.3. The smallest absolute Gasteiger partial charge is 0.340 e. The van der Waals surface area contributed by atoms with E-state index in [2.05, 4.69) is 15.0 Å². The lowest BCUT2D eigenvalue weighted by Crippen LogP contribution is -2.47. The second kappa shape index (κ2) is 9.96. The van der Waals surface area contributed by atoms with Gasteiger partial charge in [-0.25, -0.2) is 9.37 Å². The number of anilines is 1. The molecule has 2 aliphatic heterocycles. The number of fused-ring (bicyclic) bond motifs is 2. The van der Waals surface area contributed by atoms with Crippen LogP contribution in [0.2, 0.25) is 5.28 Å². The topological polar surface area (TPSA) is 180 Å². The minimum atomic E-state index is -4.83. The summed E-state index contributed by atoms with van der Waals surface area (Å²) < 4.78 is 49.9. The number of rotatable bonds is 7. The first kappa shape index (κ1) is 26.6. The average Bonchev–Trinajstić information content (AvgIpc) is 3.42. The Hall–Kier alpha value is -1.99. The number of nitrogens with zero attached hydrogens (tertiary/aromatic N) is 5. The Morgan fingerprint density at radius 2 is 1.84 bits per heavy atom. The molecule has 2 aliphatic rings. The van der Waals surface area contributed by atoms with Gasteiger partial charge in [0.1, 0.15) is 0 Å². The highest BCUT2D eigenvalue weighted by Crippen LogP contribution is 2.55. The summed E-state index contributed by atoms with van der Waals surface area (Å²) in [7, 11) is -9.50. The summed E-state index contributed by atoms with van der Waals surface area (Å²) in [5, 5.41) is 10.4. The standard InChI is InChI=1S/C20H23ClFN5O8P2/c21-20-24-17(26-5-11-3-1-2-4-12(11)6-26)15-18(25-20)27(9-23-15)19-14(22)16(28)13(7-34-19)8-35-37(32,33)10-36(29,30)31/h1-4,9,13-14,16,19,28H,5-8,10H2,(H,32,33)(H2,29,30,31)/t13-,14+,16-,19-/m1/s1. The van der Waals surface area contributed by atoms with Crippen LogP contribution in [0.25, 0.3) is 11.2 Å². The molecule has 0 amide bonds. The first-order valence-electron chi connectivity index (χ1n) is 11.1. The molecule has 2 aromatic heterocycles. The molecule has 0 saturated carbocycles. The first-order valence-corrected chi connectivity index (χ1v) is 15.0. The maximum absolute atomic E-state index is 15.3. The fourth-order valence-electron chi connectivity index (χ4n) is 4.47. The monoisotopic (exact) mass is 577 g/mol. The van der Waals surface area contributed by atoms with Crippen molar-refractivity contribution in [3.05, 3.63) is 47.0 Å². The van der Waals surface area contributed by atoms with Crippen molar-refractivity contribution in [1.29, 1.82) is 0 Å². The van der Waals surface area contributed by atoms with E-state index in [4.69, 9.17) is 30.6 Å². The number of ether oxygens (including phenoxy) is 1. The van der Waals surface area contributed by atoms with Gasteiger partial charge in [-0.1, -0.05) is 24.3 Å². The maximum Gasteiger partial charge on any atom is 0.340 e. The molecule has 37 heavy (non-hydrogen) atoms. The minimum Gasteiger partial charge on any atom is -0.389 e. The van der Waals surface area contributed by atoms with Gasteiger partial charge in [0.05, 0.1) is 25.6 Å². The zero-order valence-corrected chi connectivity index (χ0v) is 21.6. The van der Waals surface area contributed by atoms with Gasteiger partial charge >= 0.3 is 15.2 Å². The molecule has 5 rings (SSSR count). The van der Waals surface area contributed by atoms with Crippen molar-refractivity contribution in [3.63, 3.8) is 0 Å². The van der Waals surface area contributed by atoms with Crippen LogP contribution in [0.15, 0.2) is 30.6 Å². The molecule has 1 aromatic carbocycles. The summed E-state index contributed by atoms with van der Waals surface area (Å²) in [6.45, 7) is 0.220. The predicted molar refractivity (Wildman–Crippen MR) is 129 cm³/mol. The predicted octanol–water partition coefficient (Wildman–Crippen LogP) is 2.18. The van der Waals surface area contributed by atoms with Crippen molar-refractivity contribution in [1.82, 2.24) is 19.5 Å². The van der Waals surface area contributed by atoms with Gasteiger partial charge in [-0.05, 0) is 22.7 Å². The third-order valence-corrected chi connectivity index (χ3v) is 9.83. The molecule has 17 heteroatoms. The number of aliphatic hydroxyl groups is 1. The molecular formula is C20H23ClFN5O8P2. The van der Waals surface area contributed by atoms with Gasteiger partial charge in [0.25, 0.3) is 0 Å². The summed E-state index contributed by atoms with van der Waals surface area (Å²) in [5.74, 6) is -2.00. The van der Waals surface area contributed by atoms with E-state index >= 15 is 4.39 Å². The van der Waals surface area contributed by atoms with Crippen molar-refractivity contribution in [2.75, 3.05) is 24.0 Å². The van der Waals surface area contributed by atoms with E-state index in [1.807, 2.05) is 29.2 Å². The number of halogens is 2. The number of benzene rings is 1. The molecular weight excluding hydrogens is 555 g/mol. The highest BCUT2D eigenvalue weighted by Gasteiger charge is 2.43. The molecule has 0 bridgehead atoms. The Bertz CT molecular complexity index is 1400. The lowest BCUT2D eigenvalue weighted by Gasteiger charge is -2.36. The van der Waals surface area contributed by atoms with Crippen molar-refractivity contribution in [3.8, 4) is 0 Å². The average molecular weight is 578 g/mol. The highest BCUT2D eigenvalue weighted by molar-refractivity contribution is 7.70. The second-order valence-electron chi connectivity index (χ2n) is 8.92. The van der Waals surface area contributed by atoms with E-state index in [1.165, 1.54) is 10.9 Å². The molecule has 3 aromatic rings. The zero-order chi connectivity index (χ0) is 26.5. The fourth-order valence-corrected chi connectivity index (χ4v) is 7.25. The number of hydrogen-bond acceptors (Lipinski definition) is 9. The third kappa shape index (κ3) is 5.58. The molecule has 1 saturated heterocycles. The summed E-state index contributed by atoms with van der Waals surface area (Å²) in [6, 6.07) is 7.92. The van der Waals surface area contributed by atoms with Gasteiger partial charge in [0, 0.05) is 19.0 Å². The molecule has 4 heterocycles. The Morgan fingerprint density at radius 3 is 2.49 bits per heavy atom. The van der Waals surface area contributed by atoms with Crippen LogP contribution in [0.5, 0.6) is 0 Å². The van der Waals surface area contributed by atoms with Gasteiger partial charge in [0.2, 0.25) is 5.28 Å². The van der Waals surface area contributed by atoms with Crippen LogP contribution >= 0.6 is 26.8 Å². The van der Waals surface area contributed by atoms with Gasteiger partial charge in [-0.3, -0.25) is 13.7 Å². The molecule has 5 atom stereocenters. The quantitative estimate of drug-likeness (QED) is 0.238. The summed E-state index contributed by atoms with van der Waals surface area (Å²) >= 11 is 6.20. The highest BCUT2D eigenvalue weighted by atomic mass is 35.5. The lowest BCUT2D eigenvalue weighted by atomic mass is 9.96. The number of aliphatic hydroxyl groups excluding tert-OH is 1. The van der Waals surface area contributed by atoms with E-state index in [-0.39, 0.29) is 17.5 Å². The van der Waals surface area contributed by atoms with Crippen LogP contribution in [-0.4, -0.2) is 70.7 Å². The van der Waals surface area contributed by atoms with Crippen molar-refractivity contribution < 1.29 is 42.6 Å². The van der Waals surface area contributed by atoms with Crippen LogP contribution in [0.1, 0.15) is 17.4 Å². The van der Waals surface area contributed by atoms with Crippen LogP contribution < -0.4 is 4.90 Å². The van der Waals surface area contributed by atoms with Crippen molar-refractivity contribution in [2.24, 2.45) is 5.92 Å². The molecule has 0 aliphatic carbocycles. The molecule has 13 nitrogen and oxygen atoms in total. The van der Waals surface area contributed by atoms with Gasteiger partial charge < -0.3 is 33.9 Å². The Morgan fingerprint density at radius 1 is 1.16 bits per heavy atom. The molecule has 0 spiro atoms. The van der Waals surface area contributed by atoms with Crippen LogP contribution in [0.4, 0.5) is 10.2 Å². The molecule has 200 valence electrons. The van der Waals surface area contributed by atoms with Gasteiger partial charge in [-0.15, -0.1) is 0 Å². The summed E-state index contributed by atoms with van der Waals surface area (Å²) in [5.41, 5.74) is 2.83. The van der Waals surface area contributed by atoms with Crippen LogP contribution in [0, 0.1) is 5.92 Å². The number of alkyl halides is 1. The van der Waals surface area contributed by atoms with Gasteiger partial charge in [0.15, 0.2) is 35.3 Å². The molecule has 1 fully saturated rings. The Labute approximate surface area is 214 Å². The van der Waals surface area contributed by atoms with E-state index in [1.54, 1.807) is 0 Å². The van der Waals surface area contributed by atoms with E-state index in [0.717, 1.165) is 11.1 Å². The van der Waals surface area contributed by atoms with Crippen molar-refractivity contribution in [2.45, 2.75) is 31.6 Å². The first-order chi connectivity index (χ1) is 17.4. The van der Waals surface area contributed by atoms with E-state index < -0.39 is 52.1 Å².